The van der Waals surface area contributed by atoms with Gasteiger partial charge in [-0.05, 0) is 36.4 Å². The van der Waals surface area contributed by atoms with Crippen LogP contribution >= 0.6 is 22.6 Å². The largest absolute Gasteiger partial charge is 0.352 e. The van der Waals surface area contributed by atoms with Crippen molar-refractivity contribution in [2.24, 2.45) is 0 Å². The second-order valence-corrected chi connectivity index (χ2v) is 3.77. The number of rotatable bonds is 2. The molecule has 0 amide bonds. The number of hydrogen-bond acceptors (Lipinski definition) is 3. The molecule has 0 atom stereocenters. The summed E-state index contributed by atoms with van der Waals surface area (Å²) in [7, 11) is 0. The smallest absolute Gasteiger partial charge is 0.222 e. The summed E-state index contributed by atoms with van der Waals surface area (Å²) in [6.45, 7) is 4.11. The van der Waals surface area contributed by atoms with E-state index >= 15 is 0 Å². The Hall–Kier alpha value is -0.390. The highest BCUT2D eigenvalue weighted by Crippen LogP contribution is 2.03. The quantitative estimate of drug-likeness (QED) is 0.828. The summed E-state index contributed by atoms with van der Waals surface area (Å²) < 4.78 is 1.05. The molecule has 1 rings (SSSR count). The number of anilines is 1. The Balaban J connectivity index is 2.66. The molecule has 11 heavy (non-hydrogen) atoms. The summed E-state index contributed by atoms with van der Waals surface area (Å²) in [5.41, 5.74) is 0. The topological polar surface area (TPSA) is 37.8 Å². The van der Waals surface area contributed by atoms with Crippen LogP contribution in [0.4, 0.5) is 5.95 Å². The van der Waals surface area contributed by atoms with Gasteiger partial charge in [-0.2, -0.15) is 0 Å². The Morgan fingerprint density at radius 1 is 1.36 bits per heavy atom. The molecule has 1 N–H and O–H groups in total. The van der Waals surface area contributed by atoms with Gasteiger partial charge in [-0.25, -0.2) is 9.97 Å². The summed E-state index contributed by atoms with van der Waals surface area (Å²) in [6, 6.07) is 0.384. The first-order chi connectivity index (χ1) is 5.18. The maximum absolute atomic E-state index is 4.09. The zero-order valence-electron chi connectivity index (χ0n) is 6.50. The molecule has 0 aliphatic heterocycles. The normalized spacial score (nSPS) is 10.2. The van der Waals surface area contributed by atoms with Crippen molar-refractivity contribution in [2.75, 3.05) is 5.32 Å². The lowest BCUT2D eigenvalue weighted by molar-refractivity contribution is 0.873. The summed E-state index contributed by atoms with van der Waals surface area (Å²) in [6.07, 6.45) is 3.58. The minimum Gasteiger partial charge on any atom is -0.352 e. The predicted molar refractivity (Wildman–Crippen MR) is 53.5 cm³/mol. The average Bonchev–Trinajstić information content (AvgIpc) is 1.93. The fourth-order valence-corrected chi connectivity index (χ4v) is 0.924. The summed E-state index contributed by atoms with van der Waals surface area (Å²) >= 11 is 2.18. The van der Waals surface area contributed by atoms with E-state index < -0.39 is 0 Å². The zero-order valence-corrected chi connectivity index (χ0v) is 8.66. The standard InChI is InChI=1S/C7H10IN3/c1-5(2)11-7-9-3-6(8)4-10-7/h3-5H,1-2H3,(H,9,10,11). The van der Waals surface area contributed by atoms with Crippen LogP contribution in [0, 0.1) is 3.57 Å². The van der Waals surface area contributed by atoms with Gasteiger partial charge >= 0.3 is 0 Å². The molecule has 0 bridgehead atoms. The molecule has 0 aliphatic rings. The van der Waals surface area contributed by atoms with Crippen molar-refractivity contribution in [3.63, 3.8) is 0 Å². The Morgan fingerprint density at radius 3 is 2.36 bits per heavy atom. The zero-order chi connectivity index (χ0) is 8.27. The Morgan fingerprint density at radius 2 is 1.91 bits per heavy atom. The van der Waals surface area contributed by atoms with E-state index in [9.17, 15) is 0 Å². The fourth-order valence-electron chi connectivity index (χ4n) is 0.645. The monoisotopic (exact) mass is 263 g/mol. The summed E-state index contributed by atoms with van der Waals surface area (Å²) in [4.78, 5) is 8.18. The number of aromatic nitrogens is 2. The van der Waals surface area contributed by atoms with Crippen molar-refractivity contribution < 1.29 is 0 Å². The Labute approximate surface area is 79.8 Å². The second kappa shape index (κ2) is 3.85. The molecule has 0 fully saturated rings. The van der Waals surface area contributed by atoms with Crippen molar-refractivity contribution in [1.82, 2.24) is 9.97 Å². The van der Waals surface area contributed by atoms with Gasteiger partial charge in [-0.15, -0.1) is 0 Å². The molecule has 3 nitrogen and oxygen atoms in total. The molecule has 4 heteroatoms. The lowest BCUT2D eigenvalue weighted by atomic mass is 10.4. The van der Waals surface area contributed by atoms with E-state index in [2.05, 4.69) is 51.7 Å². The maximum Gasteiger partial charge on any atom is 0.222 e. The summed E-state index contributed by atoms with van der Waals surface area (Å²) in [5, 5.41) is 3.11. The minimum absolute atomic E-state index is 0.384. The highest BCUT2D eigenvalue weighted by atomic mass is 127. The van der Waals surface area contributed by atoms with E-state index in [1.165, 1.54) is 0 Å². The molecule has 0 unspecified atom stereocenters. The van der Waals surface area contributed by atoms with E-state index in [1.54, 1.807) is 12.4 Å². The Kier molecular flexibility index (Phi) is 3.04. The fraction of sp³-hybridized carbons (Fsp3) is 0.429. The van der Waals surface area contributed by atoms with E-state index in [1.807, 2.05) is 0 Å². The van der Waals surface area contributed by atoms with Gasteiger partial charge in [0.15, 0.2) is 0 Å². The van der Waals surface area contributed by atoms with E-state index in [0.29, 0.717) is 12.0 Å². The van der Waals surface area contributed by atoms with Crippen LogP contribution in [0.2, 0.25) is 0 Å². The molecule has 0 aliphatic carbocycles. The molecule has 0 radical (unpaired) electrons. The first kappa shape index (κ1) is 8.70. The summed E-state index contributed by atoms with van der Waals surface area (Å²) in [5.74, 6) is 0.695. The van der Waals surface area contributed by atoms with Crippen molar-refractivity contribution >= 4 is 28.5 Å². The number of nitrogens with one attached hydrogen (secondary N) is 1. The highest BCUT2D eigenvalue weighted by molar-refractivity contribution is 14.1. The van der Waals surface area contributed by atoms with Gasteiger partial charge in [0.2, 0.25) is 5.95 Å². The molecular formula is C7H10IN3. The van der Waals surface area contributed by atoms with Crippen LogP contribution in [0.1, 0.15) is 13.8 Å². The predicted octanol–water partition coefficient (Wildman–Crippen LogP) is 1.90. The third-order valence-electron chi connectivity index (χ3n) is 1.04. The number of halogens is 1. The van der Waals surface area contributed by atoms with Crippen LogP contribution in [-0.2, 0) is 0 Å². The van der Waals surface area contributed by atoms with Crippen molar-refractivity contribution in [1.29, 1.82) is 0 Å². The van der Waals surface area contributed by atoms with Crippen LogP contribution in [-0.4, -0.2) is 16.0 Å². The van der Waals surface area contributed by atoms with E-state index in [-0.39, 0.29) is 0 Å². The molecule has 1 aromatic rings. The van der Waals surface area contributed by atoms with Gasteiger partial charge in [0.05, 0.1) is 0 Å². The van der Waals surface area contributed by atoms with Gasteiger partial charge in [-0.1, -0.05) is 0 Å². The SMILES string of the molecule is CC(C)Nc1ncc(I)cn1. The average molecular weight is 263 g/mol. The van der Waals surface area contributed by atoms with Gasteiger partial charge in [0.25, 0.3) is 0 Å². The number of hydrogen-bond donors (Lipinski definition) is 1. The van der Waals surface area contributed by atoms with E-state index in [4.69, 9.17) is 0 Å². The van der Waals surface area contributed by atoms with Crippen LogP contribution in [0.25, 0.3) is 0 Å². The molecule has 1 heterocycles. The highest BCUT2D eigenvalue weighted by Gasteiger charge is 1.96. The third-order valence-corrected chi connectivity index (χ3v) is 1.60. The molecular weight excluding hydrogens is 253 g/mol. The maximum atomic E-state index is 4.09. The van der Waals surface area contributed by atoms with Crippen molar-refractivity contribution in [3.05, 3.63) is 16.0 Å². The molecule has 0 saturated carbocycles. The van der Waals surface area contributed by atoms with Gasteiger partial charge in [0, 0.05) is 22.0 Å². The lowest BCUT2D eigenvalue weighted by Crippen LogP contribution is -2.12. The molecule has 0 aromatic carbocycles. The van der Waals surface area contributed by atoms with E-state index in [0.717, 1.165) is 3.57 Å². The molecule has 0 saturated heterocycles. The van der Waals surface area contributed by atoms with Crippen LogP contribution in [0.15, 0.2) is 12.4 Å². The van der Waals surface area contributed by atoms with Crippen LogP contribution < -0.4 is 5.32 Å². The second-order valence-electron chi connectivity index (χ2n) is 2.52. The Bertz CT molecular complexity index is 220. The molecule has 0 spiro atoms. The first-order valence-electron chi connectivity index (χ1n) is 3.42. The van der Waals surface area contributed by atoms with Gasteiger partial charge < -0.3 is 5.32 Å². The van der Waals surface area contributed by atoms with Gasteiger partial charge in [0.1, 0.15) is 0 Å². The van der Waals surface area contributed by atoms with Crippen molar-refractivity contribution in [3.8, 4) is 0 Å². The molecule has 60 valence electrons. The van der Waals surface area contributed by atoms with Crippen molar-refractivity contribution in [2.45, 2.75) is 19.9 Å². The van der Waals surface area contributed by atoms with Crippen LogP contribution in [0.5, 0.6) is 0 Å². The lowest BCUT2D eigenvalue weighted by Gasteiger charge is -2.06. The number of nitrogens with zero attached hydrogens (tertiary/aromatic N) is 2. The minimum atomic E-state index is 0.384. The third kappa shape index (κ3) is 3.00. The van der Waals surface area contributed by atoms with Crippen LogP contribution in [0.3, 0.4) is 0 Å². The molecule has 1 aromatic heterocycles. The van der Waals surface area contributed by atoms with Gasteiger partial charge in [-0.3, -0.25) is 0 Å². The first-order valence-corrected chi connectivity index (χ1v) is 4.50.